The Balaban J connectivity index is 2.07. The van der Waals surface area contributed by atoms with Crippen molar-refractivity contribution in [1.82, 2.24) is 4.73 Å². The van der Waals surface area contributed by atoms with E-state index in [2.05, 4.69) is 0 Å². The number of aromatic nitrogens is 2. The zero-order chi connectivity index (χ0) is 22.0. The van der Waals surface area contributed by atoms with Gasteiger partial charge in [0.1, 0.15) is 5.52 Å². The van der Waals surface area contributed by atoms with Crippen LogP contribution in [0.15, 0.2) is 36.4 Å². The number of carbonyl (C=O) groups excluding carboxylic acids is 1. The van der Waals surface area contributed by atoms with Gasteiger partial charge < -0.3 is 24.1 Å². The van der Waals surface area contributed by atoms with Gasteiger partial charge in [0, 0.05) is 27.6 Å². The summed E-state index contributed by atoms with van der Waals surface area (Å²) in [5, 5.41) is 12.8. The minimum atomic E-state index is -0.419. The molecule has 0 bridgehead atoms. The van der Waals surface area contributed by atoms with Crippen LogP contribution in [0.5, 0.6) is 17.2 Å². The topological polar surface area (TPSA) is 95.7 Å². The predicted molar refractivity (Wildman–Crippen MR) is 113 cm³/mol. The molecule has 0 saturated carbocycles. The minimum absolute atomic E-state index is 0.0283. The minimum Gasteiger partial charge on any atom is -0.805 e. The van der Waals surface area contributed by atoms with Crippen LogP contribution in [0, 0.1) is 17.0 Å². The lowest BCUT2D eigenvalue weighted by molar-refractivity contribution is -0.467. The van der Waals surface area contributed by atoms with E-state index in [4.69, 9.17) is 25.8 Å². The van der Waals surface area contributed by atoms with Gasteiger partial charge in [-0.2, -0.15) is 0 Å². The van der Waals surface area contributed by atoms with E-state index in [0.717, 1.165) is 0 Å². The Hall–Kier alpha value is -3.52. The first-order valence-electron chi connectivity index (χ1n) is 8.79. The third kappa shape index (κ3) is 3.69. The number of ether oxygens (including phenoxy) is 3. The molecule has 0 N–H and O–H groups in total. The Morgan fingerprint density at radius 1 is 1.10 bits per heavy atom. The fourth-order valence-electron chi connectivity index (χ4n) is 3.05. The monoisotopic (exact) mass is 430 g/mol. The summed E-state index contributed by atoms with van der Waals surface area (Å²) in [6.07, 6.45) is 2.50. The van der Waals surface area contributed by atoms with Crippen LogP contribution < -0.4 is 18.6 Å². The summed E-state index contributed by atoms with van der Waals surface area (Å²) in [6.45, 7) is 1.50. The zero-order valence-electron chi connectivity index (χ0n) is 16.8. The summed E-state index contributed by atoms with van der Waals surface area (Å²) in [6, 6.07) is 7.40. The van der Waals surface area contributed by atoms with Gasteiger partial charge >= 0.3 is 0 Å². The number of nitrogens with zero attached hydrogens (tertiary/aromatic N) is 2. The normalized spacial score (nSPS) is 11.1. The third-order valence-electron chi connectivity index (χ3n) is 4.61. The number of allylic oxidation sites excluding steroid dienone is 1. The number of benzene rings is 2. The van der Waals surface area contributed by atoms with Gasteiger partial charge in [-0.15, -0.1) is 0 Å². The molecule has 0 atom stereocenters. The summed E-state index contributed by atoms with van der Waals surface area (Å²) in [5.74, 6) is 0.577. The Labute approximate surface area is 177 Å². The molecule has 0 radical (unpaired) electrons. The largest absolute Gasteiger partial charge is 0.805 e. The summed E-state index contributed by atoms with van der Waals surface area (Å²) in [5.41, 5.74) is 0.715. The van der Waals surface area contributed by atoms with Crippen molar-refractivity contribution in [3.63, 3.8) is 0 Å². The molecule has 8 nitrogen and oxygen atoms in total. The number of carbonyl (C=O) groups is 1. The second-order valence-corrected chi connectivity index (χ2v) is 6.74. The van der Waals surface area contributed by atoms with E-state index in [1.54, 1.807) is 0 Å². The number of hydrogen-bond donors (Lipinski definition) is 0. The number of methoxy groups -OCH3 is 3. The van der Waals surface area contributed by atoms with Gasteiger partial charge in [0.25, 0.3) is 11.2 Å². The van der Waals surface area contributed by atoms with Crippen molar-refractivity contribution < 1.29 is 23.4 Å². The number of fused-ring (bicyclic) bond motifs is 1. The molecule has 0 unspecified atom stereocenters. The lowest BCUT2D eigenvalue weighted by Crippen LogP contribution is -2.24. The van der Waals surface area contributed by atoms with Crippen molar-refractivity contribution in [3.8, 4) is 17.2 Å². The fourth-order valence-corrected chi connectivity index (χ4v) is 3.22. The van der Waals surface area contributed by atoms with Crippen LogP contribution in [0.25, 0.3) is 17.1 Å². The lowest BCUT2D eigenvalue weighted by atomic mass is 10.1. The average molecular weight is 431 g/mol. The number of hydrogen-bond acceptors (Lipinski definition) is 6. The molecule has 0 saturated heterocycles. The Morgan fingerprint density at radius 2 is 1.73 bits per heavy atom. The Bertz CT molecular complexity index is 1210. The van der Waals surface area contributed by atoms with Crippen molar-refractivity contribution in [1.29, 1.82) is 0 Å². The highest BCUT2D eigenvalue weighted by atomic mass is 35.5. The molecular formula is C21H19ClN2O6. The molecular weight excluding hydrogens is 412 g/mol. The van der Waals surface area contributed by atoms with Crippen molar-refractivity contribution in [2.75, 3.05) is 21.3 Å². The van der Waals surface area contributed by atoms with Gasteiger partial charge in [0.05, 0.1) is 31.5 Å². The van der Waals surface area contributed by atoms with Gasteiger partial charge in [-0.3, -0.25) is 4.79 Å². The van der Waals surface area contributed by atoms with Crippen molar-refractivity contribution >= 4 is 34.5 Å². The third-order valence-corrected chi connectivity index (χ3v) is 4.85. The molecule has 9 heteroatoms. The van der Waals surface area contributed by atoms with E-state index < -0.39 is 5.78 Å². The molecule has 0 fully saturated rings. The second kappa shape index (κ2) is 8.46. The van der Waals surface area contributed by atoms with E-state index in [-0.39, 0.29) is 28.0 Å². The van der Waals surface area contributed by atoms with Crippen LogP contribution in [0.2, 0.25) is 5.02 Å². The van der Waals surface area contributed by atoms with Crippen LogP contribution >= 0.6 is 11.6 Å². The van der Waals surface area contributed by atoms with Crippen molar-refractivity contribution in [2.45, 2.75) is 6.92 Å². The van der Waals surface area contributed by atoms with Crippen LogP contribution in [-0.4, -0.2) is 31.8 Å². The number of rotatable bonds is 6. The number of halogens is 1. The molecule has 156 valence electrons. The smallest absolute Gasteiger partial charge is 0.288 e. The van der Waals surface area contributed by atoms with Gasteiger partial charge in [-0.05, 0) is 37.3 Å². The van der Waals surface area contributed by atoms with Crippen LogP contribution in [-0.2, 0) is 0 Å². The molecule has 0 amide bonds. The molecule has 30 heavy (non-hydrogen) atoms. The first-order chi connectivity index (χ1) is 14.3. The van der Waals surface area contributed by atoms with E-state index in [1.165, 1.54) is 70.7 Å². The summed E-state index contributed by atoms with van der Waals surface area (Å²) in [7, 11) is 4.35. The molecule has 0 spiro atoms. The van der Waals surface area contributed by atoms with E-state index >= 15 is 0 Å². The molecule has 2 aromatic carbocycles. The summed E-state index contributed by atoms with van der Waals surface area (Å²) in [4.78, 5) is 25.5. The van der Waals surface area contributed by atoms with Gasteiger partial charge in [-0.25, -0.2) is 0 Å². The second-order valence-electron chi connectivity index (χ2n) is 6.30. The number of ketones is 1. The highest BCUT2D eigenvalue weighted by molar-refractivity contribution is 6.31. The summed E-state index contributed by atoms with van der Waals surface area (Å²) >= 11 is 5.95. The molecule has 0 aliphatic carbocycles. The quantitative estimate of drug-likeness (QED) is 0.335. The van der Waals surface area contributed by atoms with E-state index in [9.17, 15) is 14.9 Å². The van der Waals surface area contributed by atoms with Crippen molar-refractivity contribution in [3.05, 3.63) is 68.5 Å². The molecule has 0 aliphatic rings. The van der Waals surface area contributed by atoms with Crippen LogP contribution in [0.4, 0.5) is 0 Å². The first-order valence-corrected chi connectivity index (χ1v) is 9.17. The van der Waals surface area contributed by atoms with Crippen LogP contribution in [0.1, 0.15) is 21.7 Å². The maximum absolute atomic E-state index is 12.8. The fraction of sp³-hybridized carbons (Fsp3) is 0.190. The molecule has 1 heterocycles. The maximum atomic E-state index is 12.8. The highest BCUT2D eigenvalue weighted by Gasteiger charge is 2.20. The van der Waals surface area contributed by atoms with Gasteiger partial charge in [0.15, 0.2) is 17.3 Å². The molecule has 3 rings (SSSR count). The zero-order valence-corrected chi connectivity index (χ0v) is 17.5. The molecule has 3 aromatic rings. The molecule has 1 aromatic heterocycles. The predicted octanol–water partition coefficient (Wildman–Crippen LogP) is 3.79. The Morgan fingerprint density at radius 3 is 2.30 bits per heavy atom. The highest BCUT2D eigenvalue weighted by Crippen LogP contribution is 2.38. The summed E-state index contributed by atoms with van der Waals surface area (Å²) < 4.78 is 17.0. The van der Waals surface area contributed by atoms with E-state index in [1.807, 2.05) is 0 Å². The standard InChI is InChI=1S/C21H19ClN2O6/c1-12-15(24(27)17-11-14(22)5-6-16(17)23(12)26)7-8-18(25)13-9-19(28-2)21(30-4)20(10-13)29-3/h5-11H,1-4H3/b8-7+. The van der Waals surface area contributed by atoms with Gasteiger partial charge in [0.2, 0.25) is 5.75 Å². The SMILES string of the molecule is COc1cc(C(=O)/C=C/c2c(C)n([O-])c3ccc(Cl)cc3[n+]2=O)cc(OC)c1OC. The first kappa shape index (κ1) is 21.2. The van der Waals surface area contributed by atoms with Crippen molar-refractivity contribution in [2.24, 2.45) is 0 Å². The van der Waals surface area contributed by atoms with Crippen LogP contribution in [0.3, 0.4) is 0 Å². The maximum Gasteiger partial charge on any atom is 0.288 e. The van der Waals surface area contributed by atoms with Gasteiger partial charge in [-0.1, -0.05) is 11.6 Å². The lowest BCUT2D eigenvalue weighted by Gasteiger charge is -2.15. The van der Waals surface area contributed by atoms with E-state index in [0.29, 0.717) is 31.4 Å². The Kier molecular flexibility index (Phi) is 5.98. The molecule has 0 aliphatic heterocycles. The average Bonchev–Trinajstić information content (AvgIpc) is 2.76.